The summed E-state index contributed by atoms with van der Waals surface area (Å²) in [5.74, 6) is 0. The minimum Gasteiger partial charge on any atom is -0.244 e. The monoisotopic (exact) mass is 290 g/mol. The van der Waals surface area contributed by atoms with Crippen molar-refractivity contribution in [2.45, 2.75) is 38.6 Å². The largest absolute Gasteiger partial charge is 0.244 e. The molecule has 1 aromatic heterocycles. The van der Waals surface area contributed by atoms with Gasteiger partial charge in [-0.25, -0.2) is 13.4 Å². The van der Waals surface area contributed by atoms with Crippen LogP contribution in [0.4, 0.5) is 0 Å². The van der Waals surface area contributed by atoms with Crippen molar-refractivity contribution in [2.75, 3.05) is 7.05 Å². The van der Waals surface area contributed by atoms with Gasteiger partial charge >= 0.3 is 0 Å². The molecule has 0 spiro atoms. The van der Waals surface area contributed by atoms with Gasteiger partial charge in [0.05, 0.1) is 4.90 Å². The van der Waals surface area contributed by atoms with Crippen LogP contribution in [-0.2, 0) is 10.0 Å². The van der Waals surface area contributed by atoms with Crippen molar-refractivity contribution in [3.8, 4) is 0 Å². The van der Waals surface area contributed by atoms with Crippen LogP contribution in [0.3, 0.4) is 0 Å². The third-order valence-corrected chi connectivity index (χ3v) is 5.30. The van der Waals surface area contributed by atoms with E-state index in [0.717, 1.165) is 0 Å². The Kier molecular flexibility index (Phi) is 4.41. The fourth-order valence-electron chi connectivity index (χ4n) is 1.46. The number of aromatic nitrogens is 1. The Hall–Kier alpha value is -0.650. The van der Waals surface area contributed by atoms with Gasteiger partial charge in [-0.2, -0.15) is 4.31 Å². The van der Waals surface area contributed by atoms with E-state index in [1.165, 1.54) is 22.6 Å². The quantitative estimate of drug-likeness (QED) is 0.804. The van der Waals surface area contributed by atoms with Crippen LogP contribution in [0.2, 0.25) is 5.15 Å². The predicted octanol–water partition coefficient (Wildman–Crippen LogP) is 2.79. The molecule has 6 heteroatoms. The van der Waals surface area contributed by atoms with Gasteiger partial charge in [-0.05, 0) is 24.5 Å². The van der Waals surface area contributed by atoms with Gasteiger partial charge in [0, 0.05) is 19.3 Å². The van der Waals surface area contributed by atoms with E-state index in [0.29, 0.717) is 0 Å². The maximum Gasteiger partial charge on any atom is 0.243 e. The Morgan fingerprint density at radius 2 is 1.94 bits per heavy atom. The molecule has 0 saturated carbocycles. The standard InChI is InChI=1S/C12H19ClN2O2S/c1-9(12(2,3)4)15(5)18(16,17)10-6-7-14-11(13)8-10/h6-9H,1-5H3. The van der Waals surface area contributed by atoms with Crippen molar-refractivity contribution in [3.63, 3.8) is 0 Å². The maximum atomic E-state index is 12.4. The van der Waals surface area contributed by atoms with E-state index >= 15 is 0 Å². The van der Waals surface area contributed by atoms with E-state index in [4.69, 9.17) is 11.6 Å². The number of rotatable bonds is 3. The average Bonchev–Trinajstić information content (AvgIpc) is 2.25. The summed E-state index contributed by atoms with van der Waals surface area (Å²) in [7, 11) is -1.95. The Labute approximate surface area is 114 Å². The fourth-order valence-corrected chi connectivity index (χ4v) is 3.26. The van der Waals surface area contributed by atoms with Crippen molar-refractivity contribution < 1.29 is 8.42 Å². The van der Waals surface area contributed by atoms with Crippen LogP contribution in [0.1, 0.15) is 27.7 Å². The molecular weight excluding hydrogens is 272 g/mol. The number of sulfonamides is 1. The second-order valence-corrected chi connectivity index (χ2v) is 7.76. The normalized spacial score (nSPS) is 14.8. The molecule has 0 fully saturated rings. The first-order valence-electron chi connectivity index (χ1n) is 5.66. The summed E-state index contributed by atoms with van der Waals surface area (Å²) in [4.78, 5) is 3.96. The first-order chi connectivity index (χ1) is 8.06. The second kappa shape index (κ2) is 5.15. The number of nitrogens with zero attached hydrogens (tertiary/aromatic N) is 2. The molecule has 1 aromatic rings. The lowest BCUT2D eigenvalue weighted by Gasteiger charge is -2.34. The first-order valence-corrected chi connectivity index (χ1v) is 7.48. The summed E-state index contributed by atoms with van der Waals surface area (Å²) >= 11 is 5.73. The average molecular weight is 291 g/mol. The molecule has 0 N–H and O–H groups in total. The molecule has 0 aromatic carbocycles. The van der Waals surface area contributed by atoms with Gasteiger partial charge < -0.3 is 0 Å². The van der Waals surface area contributed by atoms with Gasteiger partial charge in [-0.1, -0.05) is 32.4 Å². The summed E-state index contributed by atoms with van der Waals surface area (Å²) in [6.07, 6.45) is 1.39. The van der Waals surface area contributed by atoms with E-state index in [1.54, 1.807) is 7.05 Å². The highest BCUT2D eigenvalue weighted by Gasteiger charge is 2.32. The zero-order valence-corrected chi connectivity index (χ0v) is 12.9. The van der Waals surface area contributed by atoms with E-state index in [1.807, 2.05) is 27.7 Å². The first kappa shape index (κ1) is 15.4. The minimum atomic E-state index is -3.53. The van der Waals surface area contributed by atoms with Gasteiger partial charge in [-0.15, -0.1) is 0 Å². The summed E-state index contributed by atoms with van der Waals surface area (Å²) in [5, 5.41) is 0.174. The van der Waals surface area contributed by atoms with E-state index in [2.05, 4.69) is 4.98 Å². The van der Waals surface area contributed by atoms with Crippen LogP contribution >= 0.6 is 11.6 Å². The van der Waals surface area contributed by atoms with Gasteiger partial charge in [0.25, 0.3) is 0 Å². The van der Waals surface area contributed by atoms with Crippen molar-refractivity contribution in [2.24, 2.45) is 5.41 Å². The zero-order chi connectivity index (χ0) is 14.1. The molecule has 1 heterocycles. The van der Waals surface area contributed by atoms with Crippen LogP contribution in [0.5, 0.6) is 0 Å². The van der Waals surface area contributed by atoms with Crippen LogP contribution in [0, 0.1) is 5.41 Å². The molecule has 0 amide bonds. The molecule has 0 aliphatic carbocycles. The molecular formula is C12H19ClN2O2S. The van der Waals surface area contributed by atoms with Crippen LogP contribution in [-0.4, -0.2) is 30.8 Å². The third-order valence-electron chi connectivity index (χ3n) is 3.17. The number of hydrogen-bond acceptors (Lipinski definition) is 3. The maximum absolute atomic E-state index is 12.4. The number of halogens is 1. The molecule has 0 saturated heterocycles. The van der Waals surface area contributed by atoms with Crippen molar-refractivity contribution >= 4 is 21.6 Å². The smallest absolute Gasteiger partial charge is 0.243 e. The van der Waals surface area contributed by atoms with Gasteiger partial charge in [0.15, 0.2) is 0 Å². The van der Waals surface area contributed by atoms with Gasteiger partial charge in [0.1, 0.15) is 5.15 Å². The number of pyridine rings is 1. The Bertz CT molecular complexity index is 523. The Balaban J connectivity index is 3.15. The lowest BCUT2D eigenvalue weighted by molar-refractivity contribution is 0.216. The van der Waals surface area contributed by atoms with E-state index < -0.39 is 10.0 Å². The molecule has 1 unspecified atom stereocenters. The van der Waals surface area contributed by atoms with Crippen LogP contribution in [0.25, 0.3) is 0 Å². The lowest BCUT2D eigenvalue weighted by Crippen LogP contribution is -2.42. The summed E-state index contributed by atoms with van der Waals surface area (Å²) in [6, 6.07) is 2.69. The van der Waals surface area contributed by atoms with Crippen molar-refractivity contribution in [1.82, 2.24) is 9.29 Å². The summed E-state index contributed by atoms with van der Waals surface area (Å²) in [5.41, 5.74) is -0.140. The van der Waals surface area contributed by atoms with Crippen LogP contribution < -0.4 is 0 Å². The predicted molar refractivity (Wildman–Crippen MR) is 73.1 cm³/mol. The molecule has 0 aliphatic heterocycles. The van der Waals surface area contributed by atoms with Gasteiger partial charge in [-0.3, -0.25) is 0 Å². The molecule has 1 atom stereocenters. The fraction of sp³-hybridized carbons (Fsp3) is 0.583. The second-order valence-electron chi connectivity index (χ2n) is 5.38. The lowest BCUT2D eigenvalue weighted by atomic mass is 9.88. The van der Waals surface area contributed by atoms with E-state index in [-0.39, 0.29) is 21.5 Å². The third kappa shape index (κ3) is 3.22. The van der Waals surface area contributed by atoms with Crippen LogP contribution in [0.15, 0.2) is 23.2 Å². The molecule has 0 bridgehead atoms. The summed E-state index contributed by atoms with van der Waals surface area (Å²) < 4.78 is 26.2. The highest BCUT2D eigenvalue weighted by molar-refractivity contribution is 7.89. The van der Waals surface area contributed by atoms with Crippen molar-refractivity contribution in [1.29, 1.82) is 0 Å². The SMILES string of the molecule is CC(N(C)S(=O)(=O)c1ccnc(Cl)c1)C(C)(C)C. The van der Waals surface area contributed by atoms with Crippen molar-refractivity contribution in [3.05, 3.63) is 23.5 Å². The Morgan fingerprint density at radius 3 is 2.39 bits per heavy atom. The van der Waals surface area contributed by atoms with E-state index in [9.17, 15) is 8.42 Å². The van der Waals surface area contributed by atoms with Gasteiger partial charge in [0.2, 0.25) is 10.0 Å². The molecule has 0 aliphatic rings. The minimum absolute atomic E-state index is 0.130. The highest BCUT2D eigenvalue weighted by atomic mass is 35.5. The molecule has 4 nitrogen and oxygen atoms in total. The zero-order valence-electron chi connectivity index (χ0n) is 11.3. The molecule has 1 rings (SSSR count). The molecule has 0 radical (unpaired) electrons. The summed E-state index contributed by atoms with van der Waals surface area (Å²) in [6.45, 7) is 7.90. The Morgan fingerprint density at radius 1 is 1.39 bits per heavy atom. The topological polar surface area (TPSA) is 50.3 Å². The number of hydrogen-bond donors (Lipinski definition) is 0. The highest BCUT2D eigenvalue weighted by Crippen LogP contribution is 2.27. The molecule has 102 valence electrons. The molecule has 18 heavy (non-hydrogen) atoms.